The van der Waals surface area contributed by atoms with Crippen LogP contribution in [0.25, 0.3) is 0 Å². The van der Waals surface area contributed by atoms with Gasteiger partial charge >= 0.3 is 0 Å². The maximum Gasteiger partial charge on any atom is 0.232 e. The molecule has 0 spiro atoms. The molecule has 0 saturated carbocycles. The Morgan fingerprint density at radius 3 is 3.19 bits per heavy atom. The first-order valence-corrected chi connectivity index (χ1v) is 6.20. The first-order valence-electron chi connectivity index (χ1n) is 5.32. The summed E-state index contributed by atoms with van der Waals surface area (Å²) in [5, 5.41) is 4.87. The number of hydrazine groups is 1. The molecule has 1 unspecified atom stereocenters. The Kier molecular flexibility index (Phi) is 2.51. The first kappa shape index (κ1) is 10.3. The second-order valence-electron chi connectivity index (χ2n) is 4.23. The number of thiophene rings is 1. The number of fused-ring (bicyclic) bond motifs is 1. The Morgan fingerprint density at radius 2 is 2.31 bits per heavy atom. The Bertz CT molecular complexity index is 395. The Morgan fingerprint density at radius 1 is 1.44 bits per heavy atom. The Hall–Kier alpha value is -0.820. The number of nitrogens with zero attached hydrogens (tertiary/aromatic N) is 2. The monoisotopic (exact) mass is 241 g/mol. The second-order valence-corrected chi connectivity index (χ2v) is 5.07. The molecule has 88 valence electrons. The van der Waals surface area contributed by atoms with E-state index >= 15 is 0 Å². The first-order chi connectivity index (χ1) is 7.75. The van der Waals surface area contributed by atoms with Gasteiger partial charge in [-0.2, -0.15) is 0 Å². The van der Waals surface area contributed by atoms with Gasteiger partial charge in [-0.3, -0.25) is 5.84 Å². The van der Waals surface area contributed by atoms with Gasteiger partial charge in [-0.1, -0.05) is 0 Å². The molecule has 1 fully saturated rings. The zero-order valence-corrected chi connectivity index (χ0v) is 10.00. The molecule has 1 saturated heterocycles. The van der Waals surface area contributed by atoms with Gasteiger partial charge in [0, 0.05) is 30.6 Å². The van der Waals surface area contributed by atoms with Crippen molar-refractivity contribution < 1.29 is 9.47 Å². The number of nitrogens with two attached hydrogens (primary N) is 1. The number of likely N-dealkylation sites (N-methyl/N-ethyl adjacent to an activating group) is 1. The van der Waals surface area contributed by atoms with Crippen molar-refractivity contribution in [3.63, 3.8) is 0 Å². The normalized spacial score (nSPS) is 26.2. The lowest BCUT2D eigenvalue weighted by molar-refractivity contribution is 0.0881. The molecule has 0 aromatic carbocycles. The van der Waals surface area contributed by atoms with Crippen LogP contribution < -0.4 is 15.3 Å². The summed E-state index contributed by atoms with van der Waals surface area (Å²) >= 11 is 1.59. The van der Waals surface area contributed by atoms with E-state index in [2.05, 4.69) is 17.3 Å². The molecule has 1 aromatic rings. The highest BCUT2D eigenvalue weighted by Gasteiger charge is 2.31. The van der Waals surface area contributed by atoms with E-state index in [0.717, 1.165) is 36.0 Å². The summed E-state index contributed by atoms with van der Waals surface area (Å²) in [6, 6.07) is 0.209. The Labute approximate surface area is 98.3 Å². The third-order valence-corrected chi connectivity index (χ3v) is 4.01. The number of hydrogen-bond donors (Lipinski definition) is 1. The van der Waals surface area contributed by atoms with Gasteiger partial charge in [0.2, 0.25) is 11.9 Å². The molecule has 6 heteroatoms. The predicted octanol–water partition coefficient (Wildman–Crippen LogP) is 0.639. The van der Waals surface area contributed by atoms with Crippen LogP contribution in [0.2, 0.25) is 0 Å². The van der Waals surface area contributed by atoms with Crippen LogP contribution >= 0.6 is 11.3 Å². The molecule has 16 heavy (non-hydrogen) atoms. The lowest BCUT2D eigenvalue weighted by Crippen LogP contribution is -2.49. The minimum atomic E-state index is 0.209. The van der Waals surface area contributed by atoms with Gasteiger partial charge in [0.15, 0.2) is 5.75 Å². The van der Waals surface area contributed by atoms with Gasteiger partial charge in [-0.05, 0) is 7.05 Å². The molecule has 3 rings (SSSR count). The van der Waals surface area contributed by atoms with Gasteiger partial charge in [0.1, 0.15) is 0 Å². The summed E-state index contributed by atoms with van der Waals surface area (Å²) in [5.74, 6) is 6.93. The van der Waals surface area contributed by atoms with Gasteiger partial charge in [0.05, 0.1) is 6.04 Å². The molecule has 0 aliphatic carbocycles. The van der Waals surface area contributed by atoms with E-state index in [4.69, 9.17) is 15.3 Å². The fourth-order valence-electron chi connectivity index (χ4n) is 2.17. The van der Waals surface area contributed by atoms with Gasteiger partial charge < -0.3 is 14.4 Å². The molecule has 0 radical (unpaired) electrons. The molecule has 1 atom stereocenters. The van der Waals surface area contributed by atoms with Crippen molar-refractivity contribution in [3.05, 3.63) is 10.9 Å². The number of ether oxygens (including phenoxy) is 2. The minimum Gasteiger partial charge on any atom is -0.452 e. The summed E-state index contributed by atoms with van der Waals surface area (Å²) in [5.41, 5.74) is 1.16. The number of rotatable bonds is 1. The minimum absolute atomic E-state index is 0.209. The molecule has 2 aliphatic heterocycles. The van der Waals surface area contributed by atoms with Crippen molar-refractivity contribution in [3.8, 4) is 10.8 Å². The molecule has 1 aromatic heterocycles. The lowest BCUT2D eigenvalue weighted by Gasteiger charge is -2.36. The second kappa shape index (κ2) is 3.89. The molecule has 2 aliphatic rings. The average molecular weight is 241 g/mol. The van der Waals surface area contributed by atoms with Crippen LogP contribution in [0.5, 0.6) is 10.8 Å². The highest BCUT2D eigenvalue weighted by atomic mass is 32.1. The SMILES string of the molecule is CN1CCN(N)C(c2csc3c2OCO3)C1. The molecular formula is C10H15N3O2S. The van der Waals surface area contributed by atoms with Crippen LogP contribution in [0, 0.1) is 0 Å². The van der Waals surface area contributed by atoms with Gasteiger partial charge in [0.25, 0.3) is 0 Å². The summed E-state index contributed by atoms with van der Waals surface area (Å²) in [6.07, 6.45) is 0. The van der Waals surface area contributed by atoms with Crippen LogP contribution in [0.1, 0.15) is 11.6 Å². The zero-order valence-electron chi connectivity index (χ0n) is 9.18. The topological polar surface area (TPSA) is 51.0 Å². The summed E-state index contributed by atoms with van der Waals surface area (Å²) < 4.78 is 10.8. The predicted molar refractivity (Wildman–Crippen MR) is 61.6 cm³/mol. The van der Waals surface area contributed by atoms with Crippen molar-refractivity contribution in [2.45, 2.75) is 6.04 Å². The largest absolute Gasteiger partial charge is 0.452 e. The van der Waals surface area contributed by atoms with Crippen LogP contribution in [0.4, 0.5) is 0 Å². The van der Waals surface area contributed by atoms with E-state index in [1.165, 1.54) is 0 Å². The lowest BCUT2D eigenvalue weighted by atomic mass is 10.1. The Balaban J connectivity index is 1.90. The molecular weight excluding hydrogens is 226 g/mol. The maximum absolute atomic E-state index is 6.04. The van der Waals surface area contributed by atoms with Crippen LogP contribution in [-0.4, -0.2) is 43.4 Å². The summed E-state index contributed by atoms with van der Waals surface area (Å²) in [6.45, 7) is 3.16. The molecule has 2 N–H and O–H groups in total. The van der Waals surface area contributed by atoms with Crippen molar-refractivity contribution in [1.82, 2.24) is 9.91 Å². The standard InChI is InChI=1S/C10H15N3O2S/c1-12-2-3-13(11)8(4-12)7-5-16-10-9(7)14-6-15-10/h5,8H,2-4,6,11H2,1H3. The van der Waals surface area contributed by atoms with E-state index in [-0.39, 0.29) is 6.04 Å². The number of piperazine rings is 1. The molecule has 3 heterocycles. The van der Waals surface area contributed by atoms with Gasteiger partial charge in [-0.15, -0.1) is 11.3 Å². The summed E-state index contributed by atoms with van der Waals surface area (Å²) in [7, 11) is 2.12. The van der Waals surface area contributed by atoms with Crippen molar-refractivity contribution >= 4 is 11.3 Å². The van der Waals surface area contributed by atoms with Crippen LogP contribution in [-0.2, 0) is 0 Å². The molecule has 5 nitrogen and oxygen atoms in total. The van der Waals surface area contributed by atoms with E-state index in [1.807, 2.05) is 5.01 Å². The highest BCUT2D eigenvalue weighted by molar-refractivity contribution is 7.12. The van der Waals surface area contributed by atoms with E-state index in [1.54, 1.807) is 11.3 Å². The van der Waals surface area contributed by atoms with Crippen molar-refractivity contribution in [2.24, 2.45) is 5.84 Å². The summed E-state index contributed by atoms with van der Waals surface area (Å²) in [4.78, 5) is 2.29. The third kappa shape index (κ3) is 1.58. The highest BCUT2D eigenvalue weighted by Crippen LogP contribution is 2.45. The van der Waals surface area contributed by atoms with E-state index in [0.29, 0.717) is 6.79 Å². The van der Waals surface area contributed by atoms with E-state index in [9.17, 15) is 0 Å². The van der Waals surface area contributed by atoms with E-state index < -0.39 is 0 Å². The quantitative estimate of drug-likeness (QED) is 0.731. The molecule has 0 bridgehead atoms. The molecule has 0 amide bonds. The van der Waals surface area contributed by atoms with Crippen molar-refractivity contribution in [1.29, 1.82) is 0 Å². The fraction of sp³-hybridized carbons (Fsp3) is 0.600. The maximum atomic E-state index is 6.04. The third-order valence-electron chi connectivity index (χ3n) is 3.12. The zero-order chi connectivity index (χ0) is 11.1. The smallest absolute Gasteiger partial charge is 0.232 e. The number of hydrogen-bond acceptors (Lipinski definition) is 6. The van der Waals surface area contributed by atoms with Gasteiger partial charge in [-0.25, -0.2) is 5.01 Å². The van der Waals surface area contributed by atoms with Crippen LogP contribution in [0.15, 0.2) is 5.38 Å². The van der Waals surface area contributed by atoms with Crippen LogP contribution in [0.3, 0.4) is 0 Å². The van der Waals surface area contributed by atoms with Crippen molar-refractivity contribution in [2.75, 3.05) is 33.5 Å². The fourth-order valence-corrected chi connectivity index (χ4v) is 3.06. The average Bonchev–Trinajstić information content (AvgIpc) is 2.83.